The Labute approximate surface area is 197 Å². The Balaban J connectivity index is 2.02. The molecule has 1 fully saturated rings. The van der Waals surface area contributed by atoms with Gasteiger partial charge in [-0.15, -0.1) is 0 Å². The van der Waals surface area contributed by atoms with Crippen molar-refractivity contribution in [3.63, 3.8) is 0 Å². The molecule has 0 aromatic heterocycles. The first-order valence-corrected chi connectivity index (χ1v) is 11.3. The fraction of sp³-hybridized carbons (Fsp3) is 0.423. The lowest BCUT2D eigenvalue weighted by molar-refractivity contribution is -0.139. The van der Waals surface area contributed by atoms with Gasteiger partial charge in [-0.2, -0.15) is 13.2 Å². The van der Waals surface area contributed by atoms with Crippen LogP contribution in [0.25, 0.3) is 0 Å². The van der Waals surface area contributed by atoms with Crippen molar-refractivity contribution >= 4 is 17.6 Å². The van der Waals surface area contributed by atoms with E-state index in [1.165, 1.54) is 12.1 Å². The Morgan fingerprint density at radius 3 is 2.30 bits per heavy atom. The first-order chi connectivity index (χ1) is 15.5. The maximum absolute atomic E-state index is 13.1. The number of halogens is 4. The number of carboxylic acids is 1. The van der Waals surface area contributed by atoms with Crippen molar-refractivity contribution in [1.29, 1.82) is 0 Å². The summed E-state index contributed by atoms with van der Waals surface area (Å²) in [6.07, 6.45) is -3.17. The number of hydrogen-bond acceptors (Lipinski definition) is 2. The molecule has 0 spiro atoms. The number of aliphatic carboxylic acids is 1. The van der Waals surface area contributed by atoms with E-state index < -0.39 is 17.7 Å². The number of alkyl halides is 3. The van der Waals surface area contributed by atoms with Crippen LogP contribution in [0.4, 0.5) is 13.2 Å². The van der Waals surface area contributed by atoms with Crippen LogP contribution in [-0.2, 0) is 11.0 Å². The highest BCUT2D eigenvalue weighted by molar-refractivity contribution is 6.30. The van der Waals surface area contributed by atoms with Gasteiger partial charge in [0, 0.05) is 29.9 Å². The highest BCUT2D eigenvalue weighted by atomic mass is 35.5. The van der Waals surface area contributed by atoms with Gasteiger partial charge in [-0.25, -0.2) is 0 Å². The van der Waals surface area contributed by atoms with E-state index >= 15 is 0 Å². The molecular formula is C26H27ClF3NO2. The zero-order valence-corrected chi connectivity index (χ0v) is 19.3. The third-order valence-electron chi connectivity index (χ3n) is 5.86. The van der Waals surface area contributed by atoms with E-state index in [4.69, 9.17) is 11.6 Å². The molecule has 2 aromatic rings. The summed E-state index contributed by atoms with van der Waals surface area (Å²) in [5.41, 5.74) is 0.967. The van der Waals surface area contributed by atoms with Crippen molar-refractivity contribution in [3.05, 3.63) is 70.2 Å². The summed E-state index contributed by atoms with van der Waals surface area (Å²) in [7, 11) is 0. The topological polar surface area (TPSA) is 40.5 Å². The van der Waals surface area contributed by atoms with Gasteiger partial charge in [0.2, 0.25) is 0 Å². The molecule has 7 heteroatoms. The van der Waals surface area contributed by atoms with E-state index in [0.717, 1.165) is 23.3 Å². The van der Waals surface area contributed by atoms with Crippen molar-refractivity contribution in [2.24, 2.45) is 11.8 Å². The molecule has 1 N–H and O–H groups in total. The van der Waals surface area contributed by atoms with Crippen LogP contribution in [0.1, 0.15) is 61.9 Å². The molecule has 0 amide bonds. The van der Waals surface area contributed by atoms with Crippen LogP contribution in [0.15, 0.2) is 48.5 Å². The second-order valence-electron chi connectivity index (χ2n) is 8.76. The Hall–Kier alpha value is -2.49. The fourth-order valence-corrected chi connectivity index (χ4v) is 4.39. The van der Waals surface area contributed by atoms with E-state index in [1.807, 2.05) is 26.0 Å². The number of rotatable bonds is 5. The molecule has 1 aliphatic heterocycles. The zero-order valence-electron chi connectivity index (χ0n) is 18.6. The van der Waals surface area contributed by atoms with Crippen LogP contribution in [0.3, 0.4) is 0 Å². The largest absolute Gasteiger partial charge is 0.481 e. The third-order valence-corrected chi connectivity index (χ3v) is 6.12. The van der Waals surface area contributed by atoms with Crippen LogP contribution < -0.4 is 0 Å². The van der Waals surface area contributed by atoms with Gasteiger partial charge >= 0.3 is 12.1 Å². The van der Waals surface area contributed by atoms with Gasteiger partial charge in [-0.05, 0) is 54.2 Å². The van der Waals surface area contributed by atoms with Crippen molar-refractivity contribution < 1.29 is 23.1 Å². The minimum atomic E-state index is -4.41. The molecule has 3 atom stereocenters. The quantitative estimate of drug-likeness (QED) is 0.472. The van der Waals surface area contributed by atoms with Crippen LogP contribution in [-0.4, -0.2) is 22.5 Å². The van der Waals surface area contributed by atoms with Gasteiger partial charge in [0.1, 0.15) is 0 Å². The lowest BCUT2D eigenvalue weighted by Crippen LogP contribution is -2.39. The molecule has 0 bridgehead atoms. The minimum Gasteiger partial charge on any atom is -0.481 e. The molecular weight excluding hydrogens is 451 g/mol. The highest BCUT2D eigenvalue weighted by Gasteiger charge is 2.36. The summed E-state index contributed by atoms with van der Waals surface area (Å²) in [6, 6.07) is 12.0. The Kier molecular flexibility index (Phi) is 8.10. The molecule has 0 aliphatic carbocycles. The molecule has 0 radical (unpaired) electrons. The summed E-state index contributed by atoms with van der Waals surface area (Å²) in [6.45, 7) is 4.58. The van der Waals surface area contributed by atoms with Crippen molar-refractivity contribution in [1.82, 2.24) is 4.90 Å². The molecule has 1 saturated heterocycles. The summed E-state index contributed by atoms with van der Waals surface area (Å²) in [5, 5.41) is 9.90. The van der Waals surface area contributed by atoms with Crippen molar-refractivity contribution in [2.75, 3.05) is 6.54 Å². The molecule has 176 valence electrons. The van der Waals surface area contributed by atoms with E-state index in [2.05, 4.69) is 16.7 Å². The predicted molar refractivity (Wildman–Crippen MR) is 123 cm³/mol. The fourth-order valence-electron chi connectivity index (χ4n) is 4.27. The van der Waals surface area contributed by atoms with E-state index in [0.29, 0.717) is 24.4 Å². The monoisotopic (exact) mass is 477 g/mol. The molecule has 3 nitrogen and oxygen atoms in total. The highest BCUT2D eigenvalue weighted by Crippen LogP contribution is 2.41. The molecule has 0 saturated carbocycles. The zero-order chi connectivity index (χ0) is 24.2. The maximum atomic E-state index is 13.1. The smallest absolute Gasteiger partial charge is 0.416 e. The van der Waals surface area contributed by atoms with Gasteiger partial charge in [-0.1, -0.05) is 61.6 Å². The molecule has 0 unspecified atom stereocenters. The average molecular weight is 478 g/mol. The number of carbonyl (C=O) groups is 1. The van der Waals surface area contributed by atoms with Crippen molar-refractivity contribution in [2.45, 2.75) is 51.4 Å². The summed E-state index contributed by atoms with van der Waals surface area (Å²) >= 11 is 6.08. The number of carboxylic acid groups (broad SMARTS) is 1. The number of likely N-dealkylation sites (tertiary alicyclic amines) is 1. The molecule has 1 heterocycles. The predicted octanol–water partition coefficient (Wildman–Crippen LogP) is 6.99. The van der Waals surface area contributed by atoms with Gasteiger partial charge in [0.15, 0.2) is 0 Å². The standard InChI is InChI=1S/C26H27ClF3NO2/c1-17(2)3-12-23(19-6-10-22(27)11-7-19)31-14-13-18(16-25(32)33)15-24(31)20-4-8-21(9-5-20)26(28,29)30/h4-11,17-18,23-24H,13-16H2,1-2H3,(H,32,33)/t18-,23-,24+/m0/s1. The summed E-state index contributed by atoms with van der Waals surface area (Å²) < 4.78 is 39.3. The van der Waals surface area contributed by atoms with Gasteiger partial charge in [0.05, 0.1) is 11.6 Å². The summed E-state index contributed by atoms with van der Waals surface area (Å²) in [5.74, 6) is 5.80. The number of hydrogen-bond donors (Lipinski definition) is 1. The van der Waals surface area contributed by atoms with Gasteiger partial charge < -0.3 is 5.11 Å². The summed E-state index contributed by atoms with van der Waals surface area (Å²) in [4.78, 5) is 13.5. The lowest BCUT2D eigenvalue weighted by Gasteiger charge is -2.42. The van der Waals surface area contributed by atoms with Crippen LogP contribution in [0.2, 0.25) is 5.02 Å². The SMILES string of the molecule is CC(C)C#C[C@@H](c1ccc(Cl)cc1)N1CC[C@H](CC(=O)O)C[C@@H]1c1ccc(C(F)(F)F)cc1. The normalized spacial score (nSPS) is 20.2. The van der Waals surface area contributed by atoms with Crippen LogP contribution in [0, 0.1) is 23.7 Å². The Morgan fingerprint density at radius 1 is 1.12 bits per heavy atom. The Morgan fingerprint density at radius 2 is 1.76 bits per heavy atom. The first-order valence-electron chi connectivity index (χ1n) is 11.0. The number of nitrogens with zero attached hydrogens (tertiary/aromatic N) is 1. The second kappa shape index (κ2) is 10.6. The Bertz CT molecular complexity index is 1010. The van der Waals surface area contributed by atoms with Crippen LogP contribution in [0.5, 0.6) is 0 Å². The van der Waals surface area contributed by atoms with Crippen molar-refractivity contribution in [3.8, 4) is 11.8 Å². The molecule has 3 rings (SSSR count). The van der Waals surface area contributed by atoms with E-state index in [-0.39, 0.29) is 30.3 Å². The molecule has 1 aliphatic rings. The number of piperidine rings is 1. The van der Waals surface area contributed by atoms with Gasteiger partial charge in [0.25, 0.3) is 0 Å². The van der Waals surface area contributed by atoms with E-state index in [1.54, 1.807) is 12.1 Å². The third kappa shape index (κ3) is 6.75. The number of benzene rings is 2. The van der Waals surface area contributed by atoms with Gasteiger partial charge in [-0.3, -0.25) is 9.69 Å². The molecule has 33 heavy (non-hydrogen) atoms. The lowest BCUT2D eigenvalue weighted by atomic mass is 9.83. The maximum Gasteiger partial charge on any atom is 0.416 e. The average Bonchev–Trinajstić information content (AvgIpc) is 2.74. The van der Waals surface area contributed by atoms with E-state index in [9.17, 15) is 23.1 Å². The van der Waals surface area contributed by atoms with Crippen LogP contribution >= 0.6 is 11.6 Å². The second-order valence-corrected chi connectivity index (χ2v) is 9.20. The first kappa shape index (κ1) is 25.1. The minimum absolute atomic E-state index is 0.0360. The molecule has 2 aromatic carbocycles.